The largest absolute Gasteiger partial charge is 0.393 e. The van der Waals surface area contributed by atoms with Crippen molar-refractivity contribution in [1.82, 2.24) is 0 Å². The highest BCUT2D eigenvalue weighted by Crippen LogP contribution is 2.37. The summed E-state index contributed by atoms with van der Waals surface area (Å²) >= 11 is 0. The molecule has 1 aliphatic heterocycles. The maximum atomic E-state index is 10.1. The number of rotatable bonds is 5. The first-order chi connectivity index (χ1) is 14.0. The summed E-state index contributed by atoms with van der Waals surface area (Å²) < 4.78 is 5.30. The summed E-state index contributed by atoms with van der Waals surface area (Å²) in [5.74, 6) is 0.156. The molecule has 3 aromatic rings. The van der Waals surface area contributed by atoms with Gasteiger partial charge in [-0.2, -0.15) is 0 Å². The molecule has 4 rings (SSSR count). The third kappa shape index (κ3) is 6.03. The molecular weight excluding hydrogens is 356 g/mol. The van der Waals surface area contributed by atoms with Crippen LogP contribution < -0.4 is 0 Å². The lowest BCUT2D eigenvalue weighted by Gasteiger charge is -2.21. The van der Waals surface area contributed by atoms with Gasteiger partial charge in [0, 0.05) is 5.92 Å². The van der Waals surface area contributed by atoms with Crippen molar-refractivity contribution in [3.8, 4) is 0 Å². The fraction of sp³-hybridized carbons (Fsp3) is 0.333. The summed E-state index contributed by atoms with van der Waals surface area (Å²) in [5.41, 5.74) is 6.43. The molecule has 2 heteroatoms. The first kappa shape index (κ1) is 21.3. The molecule has 0 bridgehead atoms. The zero-order valence-electron chi connectivity index (χ0n) is 17.9. The van der Waals surface area contributed by atoms with Crippen molar-refractivity contribution < 1.29 is 9.84 Å². The van der Waals surface area contributed by atoms with E-state index in [1.807, 2.05) is 43.3 Å². The molecule has 0 unspecified atom stereocenters. The molecule has 0 radical (unpaired) electrons. The maximum absolute atomic E-state index is 10.1. The van der Waals surface area contributed by atoms with E-state index in [0.717, 1.165) is 6.42 Å². The van der Waals surface area contributed by atoms with Crippen molar-refractivity contribution in [2.24, 2.45) is 0 Å². The van der Waals surface area contributed by atoms with E-state index in [1.54, 1.807) is 0 Å². The molecule has 0 saturated carbocycles. The van der Waals surface area contributed by atoms with Gasteiger partial charge in [-0.1, -0.05) is 78.9 Å². The van der Waals surface area contributed by atoms with Crippen molar-refractivity contribution >= 4 is 0 Å². The van der Waals surface area contributed by atoms with Crippen LogP contribution in [0.4, 0.5) is 0 Å². The second kappa shape index (κ2) is 9.87. The number of epoxide rings is 1. The average Bonchev–Trinajstić information content (AvgIpc) is 3.47. The summed E-state index contributed by atoms with van der Waals surface area (Å²) in [4.78, 5) is 0. The van der Waals surface area contributed by atoms with Gasteiger partial charge in [-0.3, -0.25) is 0 Å². The third-order valence-corrected chi connectivity index (χ3v) is 5.68. The molecule has 29 heavy (non-hydrogen) atoms. The number of aliphatic hydroxyl groups excluding tert-OH is 1. The van der Waals surface area contributed by atoms with E-state index >= 15 is 0 Å². The minimum atomic E-state index is -0.344. The highest BCUT2D eigenvalue weighted by atomic mass is 16.6. The minimum Gasteiger partial charge on any atom is -0.393 e. The Morgan fingerprint density at radius 3 is 1.97 bits per heavy atom. The molecular formula is C27H32O2. The average molecular weight is 389 g/mol. The van der Waals surface area contributed by atoms with E-state index in [1.165, 1.54) is 27.8 Å². The Balaban J connectivity index is 0.000000200. The number of ether oxygens (including phenoxy) is 1. The van der Waals surface area contributed by atoms with Gasteiger partial charge in [0.05, 0.1) is 12.2 Å². The molecule has 1 fully saturated rings. The van der Waals surface area contributed by atoms with E-state index < -0.39 is 0 Å². The van der Waals surface area contributed by atoms with Gasteiger partial charge in [0.25, 0.3) is 0 Å². The number of benzene rings is 3. The molecule has 0 spiro atoms. The van der Waals surface area contributed by atoms with Gasteiger partial charge in [-0.25, -0.2) is 0 Å². The SMILES string of the molecule is C[C@@H]1O[C@H]1c1ccccc1.Cc1ccc(C[C@H](c2ccccc2)[C@H](C)O)cc1C. The molecule has 0 amide bonds. The molecule has 0 aromatic heterocycles. The van der Waals surface area contributed by atoms with Crippen molar-refractivity contribution in [3.05, 3.63) is 107 Å². The Bertz CT molecular complexity index is 887. The van der Waals surface area contributed by atoms with E-state index in [4.69, 9.17) is 4.74 Å². The predicted molar refractivity (Wildman–Crippen MR) is 120 cm³/mol. The van der Waals surface area contributed by atoms with Gasteiger partial charge in [-0.05, 0) is 61.9 Å². The summed E-state index contributed by atoms with van der Waals surface area (Å²) in [6.45, 7) is 8.23. The molecule has 1 N–H and O–H groups in total. The summed E-state index contributed by atoms with van der Waals surface area (Å²) in [6.07, 6.45) is 1.34. The maximum Gasteiger partial charge on any atom is 0.109 e. The second-order valence-corrected chi connectivity index (χ2v) is 8.05. The number of aliphatic hydroxyl groups is 1. The third-order valence-electron chi connectivity index (χ3n) is 5.68. The summed E-state index contributed by atoms with van der Waals surface area (Å²) in [6, 6.07) is 27.2. The Kier molecular flexibility index (Phi) is 7.24. The number of hydrogen-bond donors (Lipinski definition) is 1. The zero-order valence-corrected chi connectivity index (χ0v) is 17.9. The van der Waals surface area contributed by atoms with Crippen molar-refractivity contribution in [2.45, 2.75) is 58.3 Å². The lowest BCUT2D eigenvalue weighted by atomic mass is 9.87. The molecule has 1 heterocycles. The molecule has 3 aromatic carbocycles. The fourth-order valence-electron chi connectivity index (χ4n) is 3.63. The first-order valence-corrected chi connectivity index (χ1v) is 10.4. The van der Waals surface area contributed by atoms with Gasteiger partial charge in [0.1, 0.15) is 6.10 Å². The normalized spacial score (nSPS) is 19.6. The van der Waals surface area contributed by atoms with Crippen LogP contribution in [-0.4, -0.2) is 17.3 Å². The van der Waals surface area contributed by atoms with Crippen LogP contribution in [0.5, 0.6) is 0 Å². The smallest absolute Gasteiger partial charge is 0.109 e. The molecule has 1 aliphatic rings. The van der Waals surface area contributed by atoms with Crippen molar-refractivity contribution in [3.63, 3.8) is 0 Å². The molecule has 152 valence electrons. The fourth-order valence-corrected chi connectivity index (χ4v) is 3.63. The van der Waals surface area contributed by atoms with Crippen LogP contribution in [0.15, 0.2) is 78.9 Å². The summed E-state index contributed by atoms with van der Waals surface area (Å²) in [7, 11) is 0. The van der Waals surface area contributed by atoms with E-state index in [-0.39, 0.29) is 12.0 Å². The van der Waals surface area contributed by atoms with Crippen molar-refractivity contribution in [1.29, 1.82) is 0 Å². The minimum absolute atomic E-state index is 0.156. The monoisotopic (exact) mass is 388 g/mol. The van der Waals surface area contributed by atoms with Gasteiger partial charge >= 0.3 is 0 Å². The lowest BCUT2D eigenvalue weighted by Crippen LogP contribution is -2.17. The van der Waals surface area contributed by atoms with E-state index in [9.17, 15) is 5.11 Å². The van der Waals surface area contributed by atoms with Crippen LogP contribution in [0.2, 0.25) is 0 Å². The first-order valence-electron chi connectivity index (χ1n) is 10.4. The number of hydrogen-bond acceptors (Lipinski definition) is 2. The second-order valence-electron chi connectivity index (χ2n) is 8.05. The van der Waals surface area contributed by atoms with E-state index in [0.29, 0.717) is 12.2 Å². The quantitative estimate of drug-likeness (QED) is 0.531. The highest BCUT2D eigenvalue weighted by molar-refractivity contribution is 5.32. The van der Waals surface area contributed by atoms with Crippen molar-refractivity contribution in [2.75, 3.05) is 0 Å². The van der Waals surface area contributed by atoms with Gasteiger partial charge in [0.2, 0.25) is 0 Å². The van der Waals surface area contributed by atoms with Crippen LogP contribution >= 0.6 is 0 Å². The van der Waals surface area contributed by atoms with Crippen LogP contribution in [0.3, 0.4) is 0 Å². The predicted octanol–water partition coefficient (Wildman–Crippen LogP) is 6.16. The Hall–Kier alpha value is -2.42. The molecule has 2 nitrogen and oxygen atoms in total. The zero-order chi connectivity index (χ0) is 20.8. The standard InChI is InChI=1S/C18H22O.C9H10O/c1-13-9-10-16(11-14(13)2)12-18(15(3)19)17-7-5-4-6-8-17;1-7-9(10-7)8-5-3-2-4-6-8/h4-11,15,18-19H,12H2,1-3H3;2-7,9H,1H3/t15-,18-;7-,9+/m00/s1. The molecule has 4 atom stereocenters. The Morgan fingerprint density at radius 2 is 1.45 bits per heavy atom. The molecule has 0 aliphatic carbocycles. The highest BCUT2D eigenvalue weighted by Gasteiger charge is 2.35. The van der Waals surface area contributed by atoms with Gasteiger partial charge in [-0.15, -0.1) is 0 Å². The Morgan fingerprint density at radius 1 is 0.862 bits per heavy atom. The topological polar surface area (TPSA) is 32.8 Å². The van der Waals surface area contributed by atoms with Crippen LogP contribution in [-0.2, 0) is 11.2 Å². The van der Waals surface area contributed by atoms with Gasteiger partial charge in [0.15, 0.2) is 0 Å². The Labute approximate surface area is 175 Å². The van der Waals surface area contributed by atoms with Crippen LogP contribution in [0, 0.1) is 13.8 Å². The van der Waals surface area contributed by atoms with Crippen LogP contribution in [0.1, 0.15) is 53.7 Å². The van der Waals surface area contributed by atoms with E-state index in [2.05, 4.69) is 63.2 Å². The molecule has 1 saturated heterocycles. The number of aryl methyl sites for hydroxylation is 2. The lowest BCUT2D eigenvalue weighted by molar-refractivity contribution is 0.161. The van der Waals surface area contributed by atoms with Gasteiger partial charge < -0.3 is 9.84 Å². The summed E-state index contributed by atoms with van der Waals surface area (Å²) in [5, 5.41) is 10.1. The van der Waals surface area contributed by atoms with Crippen LogP contribution in [0.25, 0.3) is 0 Å².